The summed E-state index contributed by atoms with van der Waals surface area (Å²) < 4.78 is 33.8. The number of rotatable bonds is 19. The van der Waals surface area contributed by atoms with E-state index in [0.717, 1.165) is 31.4 Å². The maximum atomic E-state index is 12.1. The van der Waals surface area contributed by atoms with Crippen LogP contribution in [0.2, 0.25) is 5.02 Å². The van der Waals surface area contributed by atoms with Crippen LogP contribution in [0.3, 0.4) is 0 Å². The Kier molecular flexibility index (Phi) is 14.2. The summed E-state index contributed by atoms with van der Waals surface area (Å²) in [5.41, 5.74) is 0. The van der Waals surface area contributed by atoms with Crippen molar-refractivity contribution in [3.8, 4) is 5.75 Å². The fourth-order valence-electron chi connectivity index (χ4n) is 2.95. The van der Waals surface area contributed by atoms with Gasteiger partial charge in [0.1, 0.15) is 18.4 Å². The number of phosphoric acid groups is 1. The first kappa shape index (κ1) is 29.8. The summed E-state index contributed by atoms with van der Waals surface area (Å²) in [5.74, 6) is -0.298. The molecule has 0 saturated heterocycles. The molecule has 0 saturated carbocycles. The van der Waals surface area contributed by atoms with Crippen LogP contribution >= 0.6 is 19.4 Å². The number of hydrogen-bond acceptors (Lipinski definition) is 6. The molecule has 2 atom stereocenters. The number of carbonyl (C=O) groups is 1. The van der Waals surface area contributed by atoms with E-state index >= 15 is 0 Å². The Bertz CT molecular complexity index is 726. The van der Waals surface area contributed by atoms with Crippen LogP contribution in [0.1, 0.15) is 38.5 Å². The van der Waals surface area contributed by atoms with Gasteiger partial charge in [-0.15, -0.1) is 0 Å². The van der Waals surface area contributed by atoms with Gasteiger partial charge in [0.25, 0.3) is 0 Å². The molecule has 0 heterocycles. The third-order valence-electron chi connectivity index (χ3n) is 4.39. The molecule has 9 nitrogen and oxygen atoms in total. The van der Waals surface area contributed by atoms with Crippen molar-refractivity contribution in [3.05, 3.63) is 29.3 Å². The standard InChI is InChI=1S/C22H37ClNO8P/c1-24(2,3)18-21(17-22(25)26)32-33(27,28)31-16-6-4-5-13-29-14-7-8-15-30-20-11-9-19(23)10-12-20/h9-12,21H,4-8,13-18H2,1-3H3,(H-,25,26,27,28)/p+1. The lowest BCUT2D eigenvalue weighted by Crippen LogP contribution is -2.42. The molecule has 1 rings (SSSR count). The van der Waals surface area contributed by atoms with Crippen LogP contribution in [0.25, 0.3) is 0 Å². The van der Waals surface area contributed by atoms with E-state index in [0.29, 0.717) is 35.7 Å². The predicted octanol–water partition coefficient (Wildman–Crippen LogP) is 4.37. The summed E-state index contributed by atoms with van der Waals surface area (Å²) in [4.78, 5) is 20.9. The van der Waals surface area contributed by atoms with Gasteiger partial charge in [-0.05, 0) is 56.4 Å². The van der Waals surface area contributed by atoms with Crippen molar-refractivity contribution in [1.82, 2.24) is 0 Å². The smallest absolute Gasteiger partial charge is 0.472 e. The minimum atomic E-state index is -4.32. The lowest BCUT2D eigenvalue weighted by molar-refractivity contribution is -0.873. The molecule has 2 unspecified atom stereocenters. The summed E-state index contributed by atoms with van der Waals surface area (Å²) in [7, 11) is 1.22. The predicted molar refractivity (Wildman–Crippen MR) is 127 cm³/mol. The summed E-state index contributed by atoms with van der Waals surface area (Å²) >= 11 is 5.83. The molecule has 0 aliphatic rings. The average molecular weight is 511 g/mol. The first-order valence-corrected chi connectivity index (χ1v) is 13.0. The molecule has 0 radical (unpaired) electrons. The quantitative estimate of drug-likeness (QED) is 0.160. The minimum absolute atomic E-state index is 0.0555. The highest BCUT2D eigenvalue weighted by atomic mass is 35.5. The lowest BCUT2D eigenvalue weighted by atomic mass is 10.2. The zero-order valence-corrected chi connectivity index (χ0v) is 21.4. The number of hydrogen-bond donors (Lipinski definition) is 2. The number of nitrogens with zero attached hydrogens (tertiary/aromatic N) is 1. The first-order valence-electron chi connectivity index (χ1n) is 11.1. The summed E-state index contributed by atoms with van der Waals surface area (Å²) in [5, 5.41) is 9.67. The molecule has 0 amide bonds. The first-order chi connectivity index (χ1) is 15.5. The lowest BCUT2D eigenvalue weighted by Gasteiger charge is -2.29. The fourth-order valence-corrected chi connectivity index (χ4v) is 4.02. The van der Waals surface area contributed by atoms with Crippen molar-refractivity contribution in [2.24, 2.45) is 0 Å². The summed E-state index contributed by atoms with van der Waals surface area (Å²) in [6, 6.07) is 7.26. The topological polar surface area (TPSA) is 112 Å². The second-order valence-corrected chi connectivity index (χ2v) is 10.6. The zero-order valence-electron chi connectivity index (χ0n) is 19.8. The van der Waals surface area contributed by atoms with Gasteiger partial charge in [0.2, 0.25) is 0 Å². The number of halogens is 1. The molecule has 0 fully saturated rings. The van der Waals surface area contributed by atoms with E-state index < -0.39 is 19.9 Å². The van der Waals surface area contributed by atoms with Crippen molar-refractivity contribution in [1.29, 1.82) is 0 Å². The monoisotopic (exact) mass is 510 g/mol. The Balaban J connectivity index is 2.05. The second kappa shape index (κ2) is 15.7. The van der Waals surface area contributed by atoms with Crippen LogP contribution in [0.15, 0.2) is 24.3 Å². The maximum Gasteiger partial charge on any atom is 0.472 e. The van der Waals surface area contributed by atoms with Gasteiger partial charge in [-0.2, -0.15) is 0 Å². The van der Waals surface area contributed by atoms with E-state index in [2.05, 4.69) is 0 Å². The highest BCUT2D eigenvalue weighted by Gasteiger charge is 2.31. The molecule has 0 aliphatic heterocycles. The average Bonchev–Trinajstić information content (AvgIpc) is 2.68. The van der Waals surface area contributed by atoms with E-state index in [4.69, 9.17) is 35.2 Å². The molecule has 0 aromatic heterocycles. The molecular formula is C22H38ClNO8P+. The molecule has 190 valence electrons. The fraction of sp³-hybridized carbons (Fsp3) is 0.682. The van der Waals surface area contributed by atoms with Gasteiger partial charge in [0.05, 0.1) is 40.8 Å². The summed E-state index contributed by atoms with van der Waals surface area (Å²) in [6.07, 6.45) is 2.66. The molecule has 0 spiro atoms. The Morgan fingerprint density at radius 3 is 2.18 bits per heavy atom. The zero-order chi connectivity index (χ0) is 24.7. The molecule has 1 aromatic rings. The van der Waals surface area contributed by atoms with Gasteiger partial charge in [0, 0.05) is 18.2 Å². The van der Waals surface area contributed by atoms with Crippen LogP contribution in [0.4, 0.5) is 0 Å². The molecular weight excluding hydrogens is 473 g/mol. The van der Waals surface area contributed by atoms with Gasteiger partial charge in [0.15, 0.2) is 0 Å². The number of quaternary nitrogens is 1. The summed E-state index contributed by atoms with van der Waals surface area (Å²) in [6.45, 7) is 2.20. The Hall–Kier alpha value is -1.19. The number of benzene rings is 1. The highest BCUT2D eigenvalue weighted by molar-refractivity contribution is 7.47. The van der Waals surface area contributed by atoms with E-state index in [1.54, 1.807) is 12.1 Å². The molecule has 1 aromatic carbocycles. The number of ether oxygens (including phenoxy) is 2. The molecule has 0 aliphatic carbocycles. The SMILES string of the molecule is C[N+](C)(C)CC(CC(=O)O)OP(=O)(O)OCCCCCOCCCCOc1ccc(Cl)cc1. The van der Waals surface area contributed by atoms with Gasteiger partial charge in [-0.3, -0.25) is 13.8 Å². The van der Waals surface area contributed by atoms with E-state index in [1.807, 2.05) is 33.3 Å². The van der Waals surface area contributed by atoms with Crippen LogP contribution in [-0.4, -0.2) is 80.7 Å². The Labute approximate surface area is 201 Å². The number of carboxylic acid groups (broad SMARTS) is 1. The van der Waals surface area contributed by atoms with Crippen LogP contribution in [0, 0.1) is 0 Å². The van der Waals surface area contributed by atoms with Gasteiger partial charge in [-0.1, -0.05) is 11.6 Å². The van der Waals surface area contributed by atoms with Crippen LogP contribution in [0.5, 0.6) is 5.75 Å². The number of phosphoric ester groups is 1. The number of unbranched alkanes of at least 4 members (excludes halogenated alkanes) is 3. The normalized spacial score (nSPS) is 14.6. The van der Waals surface area contributed by atoms with Gasteiger partial charge < -0.3 is 24.0 Å². The van der Waals surface area contributed by atoms with E-state index in [-0.39, 0.29) is 19.6 Å². The van der Waals surface area contributed by atoms with Crippen molar-refractivity contribution >= 4 is 25.4 Å². The largest absolute Gasteiger partial charge is 0.494 e. The highest BCUT2D eigenvalue weighted by Crippen LogP contribution is 2.45. The Morgan fingerprint density at radius 1 is 1.00 bits per heavy atom. The van der Waals surface area contributed by atoms with Crippen molar-refractivity contribution < 1.29 is 42.4 Å². The maximum absolute atomic E-state index is 12.1. The third kappa shape index (κ3) is 17.0. The van der Waals surface area contributed by atoms with E-state index in [1.165, 1.54) is 0 Å². The molecule has 11 heteroatoms. The number of aliphatic carboxylic acids is 1. The van der Waals surface area contributed by atoms with Crippen molar-refractivity contribution in [2.45, 2.75) is 44.6 Å². The van der Waals surface area contributed by atoms with Crippen molar-refractivity contribution in [2.75, 3.05) is 54.1 Å². The third-order valence-corrected chi connectivity index (χ3v) is 5.71. The molecule has 0 bridgehead atoms. The van der Waals surface area contributed by atoms with Crippen LogP contribution < -0.4 is 4.74 Å². The Morgan fingerprint density at radius 2 is 1.58 bits per heavy atom. The minimum Gasteiger partial charge on any atom is -0.494 e. The second-order valence-electron chi connectivity index (χ2n) is 8.78. The van der Waals surface area contributed by atoms with Gasteiger partial charge >= 0.3 is 13.8 Å². The van der Waals surface area contributed by atoms with Crippen molar-refractivity contribution in [3.63, 3.8) is 0 Å². The van der Waals surface area contributed by atoms with Gasteiger partial charge in [-0.25, -0.2) is 4.57 Å². The molecule has 2 N–H and O–H groups in total. The van der Waals surface area contributed by atoms with Crippen LogP contribution in [-0.2, 0) is 23.1 Å². The molecule has 33 heavy (non-hydrogen) atoms. The number of carboxylic acids is 1. The van der Waals surface area contributed by atoms with E-state index in [9.17, 15) is 14.3 Å². The number of likely N-dealkylation sites (N-methyl/N-ethyl adjacent to an activating group) is 1.